The van der Waals surface area contributed by atoms with E-state index >= 15 is 0 Å². The van der Waals surface area contributed by atoms with Gasteiger partial charge in [-0.3, -0.25) is 0 Å². The van der Waals surface area contributed by atoms with Crippen LogP contribution in [-0.4, -0.2) is 9.97 Å². The third-order valence-corrected chi connectivity index (χ3v) is 3.95. The van der Waals surface area contributed by atoms with Crippen LogP contribution in [0.3, 0.4) is 0 Å². The minimum atomic E-state index is 0.346. The third kappa shape index (κ3) is 2.84. The lowest BCUT2D eigenvalue weighted by atomic mass is 10.1. The molecule has 0 fully saturated rings. The van der Waals surface area contributed by atoms with Gasteiger partial charge < -0.3 is 0 Å². The molecule has 0 amide bonds. The smallest absolute Gasteiger partial charge is 0.161 e. The molecule has 0 saturated carbocycles. The van der Waals surface area contributed by atoms with Gasteiger partial charge in [-0.05, 0) is 38.1 Å². The van der Waals surface area contributed by atoms with Crippen LogP contribution in [0.15, 0.2) is 30.3 Å². The molecule has 0 spiro atoms. The monoisotopic (exact) mass is 336 g/mol. The van der Waals surface area contributed by atoms with Crippen molar-refractivity contribution < 1.29 is 0 Å². The van der Waals surface area contributed by atoms with E-state index in [1.165, 1.54) is 0 Å². The topological polar surface area (TPSA) is 25.8 Å². The normalized spacial score (nSPS) is 11.1. The van der Waals surface area contributed by atoms with E-state index in [1.807, 2.05) is 26.0 Å². The van der Waals surface area contributed by atoms with Gasteiger partial charge in [0.1, 0.15) is 5.15 Å². The minimum Gasteiger partial charge on any atom is -0.226 e. The molecule has 0 atom stereocenters. The highest BCUT2D eigenvalue weighted by Gasteiger charge is 2.12. The first-order chi connectivity index (χ1) is 9.94. The molecule has 5 heteroatoms. The van der Waals surface area contributed by atoms with Crippen LogP contribution in [0.5, 0.6) is 0 Å². The number of aryl methyl sites for hydroxylation is 2. The summed E-state index contributed by atoms with van der Waals surface area (Å²) in [6.07, 6.45) is 0. The number of benzene rings is 2. The summed E-state index contributed by atoms with van der Waals surface area (Å²) < 4.78 is 0. The number of hydrogen-bond donors (Lipinski definition) is 0. The van der Waals surface area contributed by atoms with E-state index in [1.54, 1.807) is 12.1 Å². The lowest BCUT2D eigenvalue weighted by Gasteiger charge is -2.08. The summed E-state index contributed by atoms with van der Waals surface area (Å²) in [6, 6.07) is 9.51. The summed E-state index contributed by atoms with van der Waals surface area (Å²) in [6.45, 7) is 4.07. The van der Waals surface area contributed by atoms with Crippen LogP contribution in [0.1, 0.15) is 11.1 Å². The van der Waals surface area contributed by atoms with Gasteiger partial charge in [-0.25, -0.2) is 9.97 Å². The zero-order valence-corrected chi connectivity index (χ0v) is 13.7. The largest absolute Gasteiger partial charge is 0.226 e. The van der Waals surface area contributed by atoms with Crippen molar-refractivity contribution in [2.24, 2.45) is 0 Å². The van der Waals surface area contributed by atoms with Crippen LogP contribution >= 0.6 is 34.8 Å². The van der Waals surface area contributed by atoms with Crippen LogP contribution in [0.2, 0.25) is 15.2 Å². The summed E-state index contributed by atoms with van der Waals surface area (Å²) >= 11 is 18.5. The van der Waals surface area contributed by atoms with Gasteiger partial charge in [-0.2, -0.15) is 0 Å². The highest BCUT2D eigenvalue weighted by atomic mass is 35.5. The Hall–Kier alpha value is -1.35. The van der Waals surface area contributed by atoms with Gasteiger partial charge in [0.2, 0.25) is 0 Å². The third-order valence-electron chi connectivity index (χ3n) is 3.15. The minimum absolute atomic E-state index is 0.346. The summed E-state index contributed by atoms with van der Waals surface area (Å²) in [4.78, 5) is 8.92. The Morgan fingerprint density at radius 2 is 1.48 bits per heavy atom. The molecule has 1 aromatic heterocycles. The molecule has 0 saturated heterocycles. The van der Waals surface area contributed by atoms with Gasteiger partial charge in [0, 0.05) is 16.0 Å². The van der Waals surface area contributed by atoms with E-state index in [-0.39, 0.29) is 0 Å². The number of fused-ring (bicyclic) bond motifs is 1. The first-order valence-electron chi connectivity index (χ1n) is 6.35. The first kappa shape index (κ1) is 14.6. The SMILES string of the molecule is Cc1cc(C)cc(-c2nc(Cl)c3cc(Cl)cc(Cl)c3n2)c1. The van der Waals surface area contributed by atoms with Crippen molar-refractivity contribution >= 4 is 45.7 Å². The number of halogens is 3. The lowest BCUT2D eigenvalue weighted by molar-refractivity contribution is 1.22. The lowest BCUT2D eigenvalue weighted by Crippen LogP contribution is -1.94. The quantitative estimate of drug-likeness (QED) is 0.519. The Morgan fingerprint density at radius 3 is 2.14 bits per heavy atom. The zero-order chi connectivity index (χ0) is 15.1. The van der Waals surface area contributed by atoms with Crippen LogP contribution in [0.25, 0.3) is 22.3 Å². The van der Waals surface area contributed by atoms with Crippen molar-refractivity contribution in [1.82, 2.24) is 9.97 Å². The number of nitrogens with zero attached hydrogens (tertiary/aromatic N) is 2. The van der Waals surface area contributed by atoms with Crippen molar-refractivity contribution in [2.75, 3.05) is 0 Å². The van der Waals surface area contributed by atoms with E-state index in [0.717, 1.165) is 16.7 Å². The van der Waals surface area contributed by atoms with E-state index in [9.17, 15) is 0 Å². The Morgan fingerprint density at radius 1 is 0.810 bits per heavy atom. The Balaban J connectivity index is 2.30. The Labute approximate surface area is 137 Å². The van der Waals surface area contributed by atoms with Gasteiger partial charge in [-0.15, -0.1) is 0 Å². The number of aromatic nitrogens is 2. The average molecular weight is 338 g/mol. The van der Waals surface area contributed by atoms with E-state index in [4.69, 9.17) is 34.8 Å². The molecule has 0 radical (unpaired) electrons. The molecule has 0 aliphatic heterocycles. The predicted octanol–water partition coefficient (Wildman–Crippen LogP) is 5.87. The average Bonchev–Trinajstić information content (AvgIpc) is 2.38. The molecule has 21 heavy (non-hydrogen) atoms. The molecule has 3 rings (SSSR count). The molecule has 0 bridgehead atoms. The molecular formula is C16H11Cl3N2. The van der Waals surface area contributed by atoms with E-state index in [2.05, 4.69) is 16.0 Å². The second-order valence-corrected chi connectivity index (χ2v) is 6.20. The number of rotatable bonds is 1. The van der Waals surface area contributed by atoms with Crippen molar-refractivity contribution in [2.45, 2.75) is 13.8 Å². The van der Waals surface area contributed by atoms with Crippen molar-refractivity contribution in [3.05, 3.63) is 56.7 Å². The van der Waals surface area contributed by atoms with Crippen LogP contribution in [-0.2, 0) is 0 Å². The predicted molar refractivity (Wildman–Crippen MR) is 89.5 cm³/mol. The summed E-state index contributed by atoms with van der Waals surface area (Å²) in [5, 5.41) is 1.98. The standard InChI is InChI=1S/C16H11Cl3N2/c1-8-3-9(2)5-10(4-8)16-20-14-12(15(19)21-16)6-11(17)7-13(14)18/h3-7H,1-2H3. The number of hydrogen-bond acceptors (Lipinski definition) is 2. The summed E-state index contributed by atoms with van der Waals surface area (Å²) in [5.74, 6) is 0.559. The fourth-order valence-corrected chi connectivity index (χ4v) is 3.11. The highest BCUT2D eigenvalue weighted by molar-refractivity contribution is 6.41. The van der Waals surface area contributed by atoms with Crippen LogP contribution in [0.4, 0.5) is 0 Å². The van der Waals surface area contributed by atoms with Crippen LogP contribution < -0.4 is 0 Å². The van der Waals surface area contributed by atoms with E-state index in [0.29, 0.717) is 31.9 Å². The molecule has 2 nitrogen and oxygen atoms in total. The summed E-state index contributed by atoms with van der Waals surface area (Å²) in [7, 11) is 0. The fourth-order valence-electron chi connectivity index (χ4n) is 2.35. The molecule has 0 aliphatic rings. The highest BCUT2D eigenvalue weighted by Crippen LogP contribution is 2.32. The molecule has 0 aliphatic carbocycles. The van der Waals surface area contributed by atoms with Gasteiger partial charge in [0.05, 0.1) is 10.5 Å². The molecule has 2 aromatic carbocycles. The first-order valence-corrected chi connectivity index (χ1v) is 7.48. The molecule has 0 unspecified atom stereocenters. The molecule has 0 N–H and O–H groups in total. The van der Waals surface area contributed by atoms with Crippen molar-refractivity contribution in [1.29, 1.82) is 0 Å². The Bertz CT molecular complexity index is 840. The molecule has 1 heterocycles. The molecule has 106 valence electrons. The Kier molecular flexibility index (Phi) is 3.78. The van der Waals surface area contributed by atoms with E-state index < -0.39 is 0 Å². The maximum absolute atomic E-state index is 6.27. The second kappa shape index (κ2) is 5.45. The maximum Gasteiger partial charge on any atom is 0.161 e. The fraction of sp³-hybridized carbons (Fsp3) is 0.125. The van der Waals surface area contributed by atoms with Gasteiger partial charge in [-0.1, -0.05) is 52.0 Å². The van der Waals surface area contributed by atoms with Crippen molar-refractivity contribution in [3.8, 4) is 11.4 Å². The molecule has 3 aromatic rings. The van der Waals surface area contributed by atoms with Crippen LogP contribution in [0, 0.1) is 13.8 Å². The zero-order valence-electron chi connectivity index (χ0n) is 11.4. The maximum atomic E-state index is 6.27. The molecular weight excluding hydrogens is 327 g/mol. The second-order valence-electron chi connectivity index (χ2n) is 5.00. The van der Waals surface area contributed by atoms with Crippen molar-refractivity contribution in [3.63, 3.8) is 0 Å². The van der Waals surface area contributed by atoms with Gasteiger partial charge in [0.25, 0.3) is 0 Å². The van der Waals surface area contributed by atoms with Gasteiger partial charge in [0.15, 0.2) is 5.82 Å². The summed E-state index contributed by atoms with van der Waals surface area (Å²) in [5.41, 5.74) is 3.82. The van der Waals surface area contributed by atoms with Gasteiger partial charge >= 0.3 is 0 Å².